The van der Waals surface area contributed by atoms with Crippen LogP contribution in [0, 0.1) is 0 Å². The van der Waals surface area contributed by atoms with Crippen LogP contribution in [0.25, 0.3) is 0 Å². The molecule has 0 spiro atoms. The van der Waals surface area contributed by atoms with E-state index in [1.54, 1.807) is 20.8 Å². The largest absolute Gasteiger partial charge is 0.391 e. The van der Waals surface area contributed by atoms with Gasteiger partial charge in [0.1, 0.15) is 0 Å². The third-order valence-electron chi connectivity index (χ3n) is 3.15. The highest BCUT2D eigenvalue weighted by atomic mass is 32.2. The summed E-state index contributed by atoms with van der Waals surface area (Å²) in [5, 5.41) is 9.26. The summed E-state index contributed by atoms with van der Waals surface area (Å²) in [6.07, 6.45) is -0.727. The molecular weight excluding hydrogens is 304 g/mol. The molecule has 1 rings (SSSR count). The van der Waals surface area contributed by atoms with Crippen LogP contribution in [0.15, 0.2) is 30.3 Å². The molecule has 0 amide bonds. The molecule has 6 heteroatoms. The zero-order chi connectivity index (χ0) is 16.6. The van der Waals surface area contributed by atoms with Gasteiger partial charge in [0.2, 0.25) is 0 Å². The topological polar surface area (TPSA) is 72.8 Å². The molecule has 1 aromatic rings. The van der Waals surface area contributed by atoms with Gasteiger partial charge in [-0.2, -0.15) is 8.42 Å². The summed E-state index contributed by atoms with van der Waals surface area (Å²) in [5.41, 5.74) is 1.01. The molecule has 0 aliphatic carbocycles. The Morgan fingerprint density at radius 3 is 2.36 bits per heavy atom. The molecule has 1 aromatic carbocycles. The first-order valence-corrected chi connectivity index (χ1v) is 9.04. The Bertz CT molecular complexity index is 513. The number of benzene rings is 1. The summed E-state index contributed by atoms with van der Waals surface area (Å²) in [5.74, 6) is 0. The number of hydrogen-bond acceptors (Lipinski definition) is 5. The molecule has 0 fully saturated rings. The molecule has 0 radical (unpaired) electrons. The van der Waals surface area contributed by atoms with E-state index in [0.29, 0.717) is 13.0 Å². The Morgan fingerprint density at radius 1 is 1.18 bits per heavy atom. The number of aliphatic hydroxyl groups is 1. The Labute approximate surface area is 133 Å². The van der Waals surface area contributed by atoms with Crippen molar-refractivity contribution in [2.45, 2.75) is 57.7 Å². The average Bonchev–Trinajstić information content (AvgIpc) is 2.44. The fraction of sp³-hybridized carbons (Fsp3) is 0.625. The molecule has 0 aromatic heterocycles. The van der Waals surface area contributed by atoms with E-state index in [1.807, 2.05) is 30.3 Å². The molecule has 126 valence electrons. The van der Waals surface area contributed by atoms with Crippen molar-refractivity contribution in [1.29, 1.82) is 0 Å². The lowest BCUT2D eigenvalue weighted by molar-refractivity contribution is 0.0234. The Kier molecular flexibility index (Phi) is 8.03. The van der Waals surface area contributed by atoms with E-state index in [0.717, 1.165) is 5.56 Å². The van der Waals surface area contributed by atoms with Crippen LogP contribution in [-0.2, 0) is 25.6 Å². The van der Waals surface area contributed by atoms with Crippen LogP contribution in [0.1, 0.15) is 39.2 Å². The Balaban J connectivity index is 2.43. The molecule has 5 nitrogen and oxygen atoms in total. The highest BCUT2D eigenvalue weighted by Crippen LogP contribution is 2.17. The number of hydrogen-bond donors (Lipinski definition) is 1. The zero-order valence-electron chi connectivity index (χ0n) is 13.4. The number of aliphatic hydroxyl groups excluding tert-OH is 1. The second kappa shape index (κ2) is 9.25. The number of ether oxygens (including phenoxy) is 1. The summed E-state index contributed by atoms with van der Waals surface area (Å²) < 4.78 is 34.5. The van der Waals surface area contributed by atoms with Crippen LogP contribution in [0.3, 0.4) is 0 Å². The Morgan fingerprint density at radius 2 is 1.82 bits per heavy atom. The second-order valence-electron chi connectivity index (χ2n) is 5.56. The van der Waals surface area contributed by atoms with E-state index in [9.17, 15) is 13.5 Å². The van der Waals surface area contributed by atoms with Gasteiger partial charge in [-0.1, -0.05) is 37.3 Å². The van der Waals surface area contributed by atoms with Gasteiger partial charge in [0.05, 0.1) is 30.7 Å². The molecule has 0 heterocycles. The summed E-state index contributed by atoms with van der Waals surface area (Å²) in [7, 11) is -3.66. The van der Waals surface area contributed by atoms with Crippen LogP contribution in [0.2, 0.25) is 0 Å². The first kappa shape index (κ1) is 19.1. The predicted molar refractivity (Wildman–Crippen MR) is 85.9 cm³/mol. The summed E-state index contributed by atoms with van der Waals surface area (Å²) >= 11 is 0. The molecule has 2 atom stereocenters. The maximum absolute atomic E-state index is 12.0. The third-order valence-corrected chi connectivity index (χ3v) is 5.14. The normalized spacial score (nSPS) is 15.0. The van der Waals surface area contributed by atoms with Gasteiger partial charge in [0.25, 0.3) is 10.1 Å². The molecule has 0 saturated heterocycles. The van der Waals surface area contributed by atoms with Crippen molar-refractivity contribution in [2.75, 3.05) is 6.61 Å². The van der Waals surface area contributed by atoms with Crippen molar-refractivity contribution in [2.24, 2.45) is 0 Å². The number of rotatable bonds is 10. The van der Waals surface area contributed by atoms with Gasteiger partial charge in [0, 0.05) is 0 Å². The Hall–Kier alpha value is -0.950. The van der Waals surface area contributed by atoms with Crippen molar-refractivity contribution < 1.29 is 22.4 Å². The van der Waals surface area contributed by atoms with Crippen LogP contribution in [-0.4, -0.2) is 37.6 Å². The quantitative estimate of drug-likeness (QED) is 0.667. The van der Waals surface area contributed by atoms with E-state index in [4.69, 9.17) is 8.92 Å². The first-order chi connectivity index (χ1) is 10.3. The van der Waals surface area contributed by atoms with E-state index < -0.39 is 27.6 Å². The molecule has 0 aliphatic rings. The molecule has 0 saturated carbocycles. The SMILES string of the molecule is CC[C@@H](CC(O)COCc1ccccc1)S(=O)(=O)OC(C)C. The van der Waals surface area contributed by atoms with Crippen LogP contribution in [0.4, 0.5) is 0 Å². The summed E-state index contributed by atoms with van der Waals surface area (Å²) in [6, 6.07) is 9.62. The lowest BCUT2D eigenvalue weighted by Gasteiger charge is -2.20. The van der Waals surface area contributed by atoms with Crippen molar-refractivity contribution in [1.82, 2.24) is 0 Å². The van der Waals surface area contributed by atoms with Gasteiger partial charge in [0.15, 0.2) is 0 Å². The monoisotopic (exact) mass is 330 g/mol. The highest BCUT2D eigenvalue weighted by Gasteiger charge is 2.28. The smallest absolute Gasteiger partial charge is 0.270 e. The predicted octanol–water partition coefficient (Wildman–Crippen LogP) is 2.49. The van der Waals surface area contributed by atoms with Gasteiger partial charge in [-0.25, -0.2) is 0 Å². The maximum Gasteiger partial charge on any atom is 0.270 e. The van der Waals surface area contributed by atoms with Gasteiger partial charge in [-0.15, -0.1) is 0 Å². The van der Waals surface area contributed by atoms with E-state index in [-0.39, 0.29) is 13.0 Å². The fourth-order valence-electron chi connectivity index (χ4n) is 2.09. The lowest BCUT2D eigenvalue weighted by atomic mass is 10.1. The van der Waals surface area contributed by atoms with E-state index in [1.165, 1.54) is 0 Å². The minimum Gasteiger partial charge on any atom is -0.391 e. The molecule has 0 bridgehead atoms. The third kappa shape index (κ3) is 6.87. The van der Waals surface area contributed by atoms with Gasteiger partial charge in [-0.05, 0) is 32.3 Å². The molecule has 0 aliphatic heterocycles. The van der Waals surface area contributed by atoms with Crippen molar-refractivity contribution >= 4 is 10.1 Å². The first-order valence-electron chi connectivity index (χ1n) is 7.57. The maximum atomic E-state index is 12.0. The van der Waals surface area contributed by atoms with Crippen molar-refractivity contribution in [3.8, 4) is 0 Å². The second-order valence-corrected chi connectivity index (χ2v) is 7.40. The van der Waals surface area contributed by atoms with Gasteiger partial charge >= 0.3 is 0 Å². The minimum absolute atomic E-state index is 0.0998. The molecule has 1 unspecified atom stereocenters. The zero-order valence-corrected chi connectivity index (χ0v) is 14.3. The molecule has 22 heavy (non-hydrogen) atoms. The molecule has 1 N–H and O–H groups in total. The standard InChI is InChI=1S/C16H26O5S/c1-4-16(22(18,19)21-13(2)3)10-15(17)12-20-11-14-8-6-5-7-9-14/h5-9,13,15-17H,4,10-12H2,1-3H3/t15?,16-/m0/s1. The van der Waals surface area contributed by atoms with Crippen LogP contribution in [0.5, 0.6) is 0 Å². The van der Waals surface area contributed by atoms with Crippen LogP contribution < -0.4 is 0 Å². The van der Waals surface area contributed by atoms with E-state index >= 15 is 0 Å². The minimum atomic E-state index is -3.66. The van der Waals surface area contributed by atoms with Crippen molar-refractivity contribution in [3.05, 3.63) is 35.9 Å². The summed E-state index contributed by atoms with van der Waals surface area (Å²) in [4.78, 5) is 0. The highest BCUT2D eigenvalue weighted by molar-refractivity contribution is 7.87. The average molecular weight is 330 g/mol. The van der Waals surface area contributed by atoms with Gasteiger partial charge in [-0.3, -0.25) is 4.18 Å². The van der Waals surface area contributed by atoms with Crippen LogP contribution >= 0.6 is 0 Å². The molecular formula is C16H26O5S. The summed E-state index contributed by atoms with van der Waals surface area (Å²) in [6.45, 7) is 5.60. The lowest BCUT2D eigenvalue weighted by Crippen LogP contribution is -2.31. The van der Waals surface area contributed by atoms with Crippen molar-refractivity contribution in [3.63, 3.8) is 0 Å². The fourth-order valence-corrected chi connectivity index (χ4v) is 3.65. The van der Waals surface area contributed by atoms with Gasteiger partial charge < -0.3 is 9.84 Å². The van der Waals surface area contributed by atoms with E-state index in [2.05, 4.69) is 0 Å².